The molecule has 0 unspecified atom stereocenters. The van der Waals surface area contributed by atoms with Crippen LogP contribution in [0.25, 0.3) is 0 Å². The second kappa shape index (κ2) is 10.9. The minimum Gasteiger partial charge on any atom is -0.475 e. The van der Waals surface area contributed by atoms with Crippen LogP contribution in [-0.4, -0.2) is 57.4 Å². The molecule has 0 fully saturated rings. The minimum absolute atomic E-state index is 0.0837. The molecule has 1 aliphatic rings. The van der Waals surface area contributed by atoms with E-state index in [0.717, 1.165) is 11.1 Å². The molecular formula is C27H28N2O6S. The average Bonchev–Trinajstić information content (AvgIpc) is 2.90. The number of amides is 1. The van der Waals surface area contributed by atoms with Gasteiger partial charge in [-0.2, -0.15) is 4.31 Å². The highest BCUT2D eigenvalue weighted by molar-refractivity contribution is 7.89. The number of nitrogens with zero attached hydrogens (tertiary/aromatic N) is 2. The van der Waals surface area contributed by atoms with E-state index in [0.29, 0.717) is 17.9 Å². The van der Waals surface area contributed by atoms with Gasteiger partial charge in [-0.3, -0.25) is 4.79 Å². The summed E-state index contributed by atoms with van der Waals surface area (Å²) in [6.45, 7) is 1.50. The highest BCUT2D eigenvalue weighted by Crippen LogP contribution is 2.33. The first-order valence-electron chi connectivity index (χ1n) is 11.5. The number of ether oxygens (including phenoxy) is 2. The summed E-state index contributed by atoms with van der Waals surface area (Å²) < 4.78 is 38.9. The molecule has 0 N–H and O–H groups in total. The third-order valence-corrected chi connectivity index (χ3v) is 7.86. The lowest BCUT2D eigenvalue weighted by molar-refractivity contribution is -0.148. The third-order valence-electron chi connectivity index (χ3n) is 6.00. The van der Waals surface area contributed by atoms with Gasteiger partial charge in [0, 0.05) is 6.54 Å². The van der Waals surface area contributed by atoms with E-state index in [4.69, 9.17) is 9.47 Å². The zero-order valence-electron chi connectivity index (χ0n) is 20.2. The monoisotopic (exact) mass is 508 g/mol. The van der Waals surface area contributed by atoms with Crippen molar-refractivity contribution < 1.29 is 27.5 Å². The number of anilines is 1. The van der Waals surface area contributed by atoms with Crippen LogP contribution < -0.4 is 9.64 Å². The van der Waals surface area contributed by atoms with Crippen molar-refractivity contribution in [3.05, 3.63) is 90.0 Å². The Labute approximate surface area is 211 Å². The molecule has 1 atom stereocenters. The Morgan fingerprint density at radius 1 is 1.00 bits per heavy atom. The lowest BCUT2D eigenvalue weighted by Gasteiger charge is -2.34. The largest absolute Gasteiger partial charge is 0.475 e. The quantitative estimate of drug-likeness (QED) is 0.434. The number of aryl methyl sites for hydroxylation is 1. The van der Waals surface area contributed by atoms with E-state index < -0.39 is 34.5 Å². The van der Waals surface area contributed by atoms with Gasteiger partial charge in [-0.25, -0.2) is 13.2 Å². The van der Waals surface area contributed by atoms with Crippen molar-refractivity contribution in [3.63, 3.8) is 0 Å². The fourth-order valence-electron chi connectivity index (χ4n) is 4.00. The molecule has 9 heteroatoms. The molecule has 0 spiro atoms. The Bertz CT molecular complexity index is 1330. The topological polar surface area (TPSA) is 93.2 Å². The van der Waals surface area contributed by atoms with Crippen molar-refractivity contribution in [2.75, 3.05) is 31.6 Å². The number of benzene rings is 3. The normalized spacial score (nSPS) is 15.2. The number of hydrogen-bond acceptors (Lipinski definition) is 6. The molecule has 0 aliphatic carbocycles. The summed E-state index contributed by atoms with van der Waals surface area (Å²) >= 11 is 0. The maximum Gasteiger partial charge on any atom is 0.348 e. The van der Waals surface area contributed by atoms with Crippen LogP contribution in [0.1, 0.15) is 11.1 Å². The number of hydrogen-bond donors (Lipinski definition) is 0. The molecule has 0 saturated heterocycles. The molecule has 8 nitrogen and oxygen atoms in total. The minimum atomic E-state index is -3.97. The first-order valence-corrected chi connectivity index (χ1v) is 13.0. The summed E-state index contributed by atoms with van der Waals surface area (Å²) in [5.41, 5.74) is 2.36. The number of carbonyl (C=O) groups is 2. The molecule has 36 heavy (non-hydrogen) atoms. The molecule has 0 saturated carbocycles. The van der Waals surface area contributed by atoms with E-state index in [2.05, 4.69) is 0 Å². The Morgan fingerprint density at radius 2 is 1.67 bits per heavy atom. The summed E-state index contributed by atoms with van der Waals surface area (Å²) in [6, 6.07) is 22.9. The number of fused-ring (bicyclic) bond motifs is 1. The van der Waals surface area contributed by atoms with Crippen LogP contribution >= 0.6 is 0 Å². The number of para-hydroxylation sites is 2. The van der Waals surface area contributed by atoms with Gasteiger partial charge >= 0.3 is 5.97 Å². The van der Waals surface area contributed by atoms with Crippen LogP contribution in [0.5, 0.6) is 5.75 Å². The lowest BCUT2D eigenvalue weighted by Crippen LogP contribution is -2.51. The van der Waals surface area contributed by atoms with Crippen LogP contribution in [0.3, 0.4) is 0 Å². The SMILES string of the molecule is COC(=O)[C@@H]1CN(C(=O)CN(CCc2ccccc2)S(=O)(=O)c2ccc(C)cc2)c2ccccc2O1. The predicted octanol–water partition coefficient (Wildman–Crippen LogP) is 3.20. The molecular weight excluding hydrogens is 480 g/mol. The number of methoxy groups -OCH3 is 1. The molecule has 4 rings (SSSR count). The summed E-state index contributed by atoms with van der Waals surface area (Å²) in [7, 11) is -2.72. The van der Waals surface area contributed by atoms with Crippen LogP contribution in [0.2, 0.25) is 0 Å². The first kappa shape index (κ1) is 25.4. The maximum absolute atomic E-state index is 13.6. The second-order valence-electron chi connectivity index (χ2n) is 8.49. The fraction of sp³-hybridized carbons (Fsp3) is 0.259. The Morgan fingerprint density at radius 3 is 2.36 bits per heavy atom. The highest BCUT2D eigenvalue weighted by Gasteiger charge is 2.36. The maximum atomic E-state index is 13.6. The number of carbonyl (C=O) groups excluding carboxylic acids is 2. The van der Waals surface area contributed by atoms with Crippen molar-refractivity contribution >= 4 is 27.6 Å². The predicted molar refractivity (Wildman–Crippen MR) is 135 cm³/mol. The molecule has 3 aromatic rings. The second-order valence-corrected chi connectivity index (χ2v) is 10.4. The van der Waals surface area contributed by atoms with Gasteiger partial charge in [-0.15, -0.1) is 0 Å². The van der Waals surface area contributed by atoms with Crippen molar-refractivity contribution in [3.8, 4) is 5.75 Å². The van der Waals surface area contributed by atoms with Gasteiger partial charge < -0.3 is 14.4 Å². The summed E-state index contributed by atoms with van der Waals surface area (Å²) in [4.78, 5) is 27.3. The molecule has 1 heterocycles. The summed E-state index contributed by atoms with van der Waals surface area (Å²) in [6.07, 6.45) is -0.579. The first-order chi connectivity index (χ1) is 17.3. The lowest BCUT2D eigenvalue weighted by atomic mass is 10.1. The van der Waals surface area contributed by atoms with Gasteiger partial charge in [0.05, 0.1) is 30.8 Å². The van der Waals surface area contributed by atoms with E-state index in [-0.39, 0.29) is 18.0 Å². The van der Waals surface area contributed by atoms with E-state index >= 15 is 0 Å². The number of rotatable bonds is 8. The fourth-order valence-corrected chi connectivity index (χ4v) is 5.39. The average molecular weight is 509 g/mol. The van der Waals surface area contributed by atoms with Crippen molar-refractivity contribution in [2.24, 2.45) is 0 Å². The zero-order valence-corrected chi connectivity index (χ0v) is 21.0. The molecule has 1 amide bonds. The molecule has 0 radical (unpaired) electrons. The van der Waals surface area contributed by atoms with Crippen LogP contribution in [-0.2, 0) is 30.8 Å². The number of sulfonamides is 1. The Kier molecular flexibility index (Phi) is 7.71. The Hall–Kier alpha value is -3.69. The molecule has 188 valence electrons. The smallest absolute Gasteiger partial charge is 0.348 e. The molecule has 0 aromatic heterocycles. The molecule has 1 aliphatic heterocycles. The summed E-state index contributed by atoms with van der Waals surface area (Å²) in [5, 5.41) is 0. The van der Waals surface area contributed by atoms with Crippen molar-refractivity contribution in [1.82, 2.24) is 4.31 Å². The van der Waals surface area contributed by atoms with Gasteiger partial charge in [0.15, 0.2) is 0 Å². The summed E-state index contributed by atoms with van der Waals surface area (Å²) in [5.74, 6) is -0.733. The van der Waals surface area contributed by atoms with Gasteiger partial charge in [0.1, 0.15) is 5.75 Å². The van der Waals surface area contributed by atoms with Gasteiger partial charge in [-0.05, 0) is 43.2 Å². The van der Waals surface area contributed by atoms with E-state index in [1.807, 2.05) is 37.3 Å². The van der Waals surface area contributed by atoms with Crippen LogP contribution in [0.4, 0.5) is 5.69 Å². The third kappa shape index (κ3) is 5.58. The molecule has 0 bridgehead atoms. The standard InChI is InChI=1S/C27H28N2O6S/c1-20-12-14-22(15-13-20)36(32,33)28(17-16-21-8-4-3-5-9-21)19-26(30)29-18-25(27(31)34-2)35-24-11-7-6-10-23(24)29/h3-15,25H,16-19H2,1-2H3/t25-/m0/s1. The van der Waals surface area contributed by atoms with Gasteiger partial charge in [0.25, 0.3) is 0 Å². The highest BCUT2D eigenvalue weighted by atomic mass is 32.2. The Balaban J connectivity index is 1.63. The van der Waals surface area contributed by atoms with Crippen LogP contribution in [0, 0.1) is 6.92 Å². The van der Waals surface area contributed by atoms with Crippen LogP contribution in [0.15, 0.2) is 83.8 Å². The van der Waals surface area contributed by atoms with Crippen molar-refractivity contribution in [2.45, 2.75) is 24.3 Å². The molecule has 3 aromatic carbocycles. The van der Waals surface area contributed by atoms with E-state index in [1.54, 1.807) is 48.5 Å². The van der Waals surface area contributed by atoms with Gasteiger partial charge in [-0.1, -0.05) is 60.2 Å². The van der Waals surface area contributed by atoms with Gasteiger partial charge in [0.2, 0.25) is 22.0 Å². The number of esters is 1. The van der Waals surface area contributed by atoms with E-state index in [1.165, 1.54) is 16.3 Å². The zero-order chi connectivity index (χ0) is 25.7. The van der Waals surface area contributed by atoms with E-state index in [9.17, 15) is 18.0 Å². The van der Waals surface area contributed by atoms with Crippen molar-refractivity contribution in [1.29, 1.82) is 0 Å².